The van der Waals surface area contributed by atoms with Crippen LogP contribution >= 0.6 is 0 Å². The molecule has 3 nitrogen and oxygen atoms in total. The van der Waals surface area contributed by atoms with Crippen LogP contribution in [0, 0.1) is 0 Å². The zero-order chi connectivity index (χ0) is 17.1. The molecule has 0 radical (unpaired) electrons. The number of amides is 1. The van der Waals surface area contributed by atoms with E-state index in [4.69, 9.17) is 0 Å². The topological polar surface area (TPSA) is 32.3 Å². The number of rotatable bonds is 3. The summed E-state index contributed by atoms with van der Waals surface area (Å²) >= 11 is 0. The Bertz CT molecular complexity index is 612. The van der Waals surface area contributed by atoms with Crippen molar-refractivity contribution < 1.29 is 4.79 Å². The van der Waals surface area contributed by atoms with Crippen molar-refractivity contribution in [3.8, 4) is 0 Å². The van der Waals surface area contributed by atoms with E-state index in [9.17, 15) is 4.79 Å². The highest BCUT2D eigenvalue weighted by Crippen LogP contribution is 2.38. The molecular formula is C21H30N2O. The number of hydrogen-bond donors (Lipinski definition) is 1. The number of hydrogen-bond acceptors (Lipinski definition) is 2. The predicted octanol–water partition coefficient (Wildman–Crippen LogP) is 4.74. The van der Waals surface area contributed by atoms with Crippen molar-refractivity contribution in [2.24, 2.45) is 0 Å². The van der Waals surface area contributed by atoms with Gasteiger partial charge in [0.15, 0.2) is 0 Å². The standard InChI is InChI=1S/C21H30N2O/c1-4-16-10-12-17(13-11-16)22-19-14-15(3)23(21(24)5-2)20-9-7-6-8-18(19)20/h4,6-9,15,17,19,22H,5,10-14H2,1-3H3. The van der Waals surface area contributed by atoms with Crippen molar-refractivity contribution in [3.63, 3.8) is 0 Å². The van der Waals surface area contributed by atoms with Gasteiger partial charge in [0.1, 0.15) is 0 Å². The Hall–Kier alpha value is -1.61. The smallest absolute Gasteiger partial charge is 0.226 e. The van der Waals surface area contributed by atoms with Crippen LogP contribution in [0.15, 0.2) is 35.9 Å². The Morgan fingerprint density at radius 2 is 2.00 bits per heavy atom. The summed E-state index contributed by atoms with van der Waals surface area (Å²) in [6, 6.07) is 9.63. The summed E-state index contributed by atoms with van der Waals surface area (Å²) in [5.41, 5.74) is 3.99. The molecule has 1 aliphatic carbocycles. The molecule has 130 valence electrons. The van der Waals surface area contributed by atoms with Crippen LogP contribution in [0.25, 0.3) is 0 Å². The summed E-state index contributed by atoms with van der Waals surface area (Å²) < 4.78 is 0. The molecule has 0 saturated heterocycles. The van der Waals surface area contributed by atoms with Gasteiger partial charge in [-0.2, -0.15) is 0 Å². The predicted molar refractivity (Wildman–Crippen MR) is 100 cm³/mol. The highest BCUT2D eigenvalue weighted by molar-refractivity contribution is 5.95. The number of anilines is 1. The third-order valence-electron chi connectivity index (χ3n) is 5.63. The van der Waals surface area contributed by atoms with Crippen LogP contribution in [0.2, 0.25) is 0 Å². The van der Waals surface area contributed by atoms with Crippen molar-refractivity contribution in [1.29, 1.82) is 0 Å². The second-order valence-corrected chi connectivity index (χ2v) is 7.20. The zero-order valence-corrected chi connectivity index (χ0v) is 15.2. The van der Waals surface area contributed by atoms with Gasteiger partial charge in [-0.05, 0) is 57.6 Å². The van der Waals surface area contributed by atoms with E-state index in [2.05, 4.69) is 43.4 Å². The van der Waals surface area contributed by atoms with Gasteiger partial charge in [-0.25, -0.2) is 0 Å². The van der Waals surface area contributed by atoms with Gasteiger partial charge in [-0.1, -0.05) is 36.8 Å². The highest BCUT2D eigenvalue weighted by Gasteiger charge is 2.33. The van der Waals surface area contributed by atoms with Gasteiger partial charge < -0.3 is 10.2 Å². The van der Waals surface area contributed by atoms with Gasteiger partial charge in [0.25, 0.3) is 0 Å². The van der Waals surface area contributed by atoms with Crippen molar-refractivity contribution in [3.05, 3.63) is 41.5 Å². The fourth-order valence-corrected chi connectivity index (χ4v) is 4.25. The molecule has 2 unspecified atom stereocenters. The second-order valence-electron chi connectivity index (χ2n) is 7.20. The molecule has 3 heteroatoms. The maximum absolute atomic E-state index is 12.4. The molecule has 1 aromatic carbocycles. The Kier molecular flexibility index (Phi) is 5.40. The Labute approximate surface area is 146 Å². The minimum Gasteiger partial charge on any atom is -0.309 e. The number of nitrogens with zero attached hydrogens (tertiary/aromatic N) is 1. The van der Waals surface area contributed by atoms with Gasteiger partial charge in [-0.3, -0.25) is 4.79 Å². The lowest BCUT2D eigenvalue weighted by Crippen LogP contribution is -2.47. The van der Waals surface area contributed by atoms with Gasteiger partial charge in [-0.15, -0.1) is 0 Å². The van der Waals surface area contributed by atoms with Crippen LogP contribution in [0.4, 0.5) is 5.69 Å². The Morgan fingerprint density at radius 3 is 2.67 bits per heavy atom. The SMILES string of the molecule is CC=C1CCC(NC2CC(C)N(C(=O)CC)c3ccccc32)CC1. The number of nitrogens with one attached hydrogen (secondary N) is 1. The van der Waals surface area contributed by atoms with Crippen molar-refractivity contribution >= 4 is 11.6 Å². The molecule has 3 rings (SSSR count). The number of allylic oxidation sites excluding steroid dienone is 2. The fourth-order valence-electron chi connectivity index (χ4n) is 4.25. The van der Waals surface area contributed by atoms with E-state index in [-0.39, 0.29) is 11.9 Å². The van der Waals surface area contributed by atoms with Crippen LogP contribution in [-0.2, 0) is 4.79 Å². The average Bonchev–Trinajstić information content (AvgIpc) is 2.62. The maximum atomic E-state index is 12.4. The summed E-state index contributed by atoms with van der Waals surface area (Å²) in [4.78, 5) is 14.4. The van der Waals surface area contributed by atoms with E-state index >= 15 is 0 Å². The van der Waals surface area contributed by atoms with Crippen LogP contribution < -0.4 is 10.2 Å². The van der Waals surface area contributed by atoms with Crippen molar-refractivity contribution in [2.45, 2.75) is 77.4 Å². The zero-order valence-electron chi connectivity index (χ0n) is 15.2. The number of fused-ring (bicyclic) bond motifs is 1. The molecule has 1 aliphatic heterocycles. The molecule has 1 aromatic rings. The first-order valence-corrected chi connectivity index (χ1v) is 9.45. The normalized spacial score (nSPS) is 26.9. The summed E-state index contributed by atoms with van der Waals surface area (Å²) in [6.45, 7) is 6.28. The molecule has 1 N–H and O–H groups in total. The average molecular weight is 326 g/mol. The third kappa shape index (κ3) is 3.41. The molecule has 1 heterocycles. The van der Waals surface area contributed by atoms with Crippen LogP contribution in [-0.4, -0.2) is 18.0 Å². The summed E-state index contributed by atoms with van der Waals surface area (Å²) in [5.74, 6) is 0.226. The van der Waals surface area contributed by atoms with Gasteiger partial charge in [0, 0.05) is 30.2 Å². The largest absolute Gasteiger partial charge is 0.309 e. The monoisotopic (exact) mass is 326 g/mol. The molecule has 1 amide bonds. The number of benzene rings is 1. The molecule has 0 spiro atoms. The molecule has 0 aromatic heterocycles. The molecule has 1 fully saturated rings. The molecule has 2 aliphatic rings. The van der Waals surface area contributed by atoms with E-state index in [0.717, 1.165) is 12.1 Å². The molecule has 0 bridgehead atoms. The first-order chi connectivity index (χ1) is 11.6. The van der Waals surface area contributed by atoms with E-state index < -0.39 is 0 Å². The van der Waals surface area contributed by atoms with Gasteiger partial charge >= 0.3 is 0 Å². The first kappa shape index (κ1) is 17.2. The molecule has 2 atom stereocenters. The quantitative estimate of drug-likeness (QED) is 0.814. The highest BCUT2D eigenvalue weighted by atomic mass is 16.2. The fraction of sp³-hybridized carbons (Fsp3) is 0.571. The summed E-state index contributed by atoms with van der Waals surface area (Å²) in [7, 11) is 0. The van der Waals surface area contributed by atoms with Crippen molar-refractivity contribution in [2.75, 3.05) is 4.90 Å². The summed E-state index contributed by atoms with van der Waals surface area (Å²) in [5, 5.41) is 3.90. The van der Waals surface area contributed by atoms with Crippen LogP contribution in [0.5, 0.6) is 0 Å². The lowest BCUT2D eigenvalue weighted by atomic mass is 9.87. The maximum Gasteiger partial charge on any atom is 0.226 e. The van der Waals surface area contributed by atoms with E-state index in [1.807, 2.05) is 17.9 Å². The van der Waals surface area contributed by atoms with Crippen LogP contribution in [0.3, 0.4) is 0 Å². The van der Waals surface area contributed by atoms with E-state index in [1.54, 1.807) is 5.57 Å². The minimum atomic E-state index is 0.226. The first-order valence-electron chi connectivity index (χ1n) is 9.45. The third-order valence-corrected chi connectivity index (χ3v) is 5.63. The number of carbonyl (C=O) groups is 1. The lowest BCUT2D eigenvalue weighted by Gasteiger charge is -2.41. The van der Waals surface area contributed by atoms with Gasteiger partial charge in [0.05, 0.1) is 0 Å². The Balaban J connectivity index is 1.79. The summed E-state index contributed by atoms with van der Waals surface area (Å²) in [6.07, 6.45) is 8.73. The van der Waals surface area contributed by atoms with Gasteiger partial charge in [0.2, 0.25) is 5.91 Å². The van der Waals surface area contributed by atoms with Crippen LogP contribution in [0.1, 0.15) is 70.9 Å². The molecule has 24 heavy (non-hydrogen) atoms. The lowest BCUT2D eigenvalue weighted by molar-refractivity contribution is -0.118. The van der Waals surface area contributed by atoms with E-state index in [0.29, 0.717) is 18.5 Å². The molecular weight excluding hydrogens is 296 g/mol. The second kappa shape index (κ2) is 7.52. The number of carbonyl (C=O) groups excluding carboxylic acids is 1. The van der Waals surface area contributed by atoms with Crippen molar-refractivity contribution in [1.82, 2.24) is 5.32 Å². The minimum absolute atomic E-state index is 0.226. The van der Waals surface area contributed by atoms with E-state index in [1.165, 1.54) is 31.2 Å². The Morgan fingerprint density at radius 1 is 1.29 bits per heavy atom. The number of para-hydroxylation sites is 1. The molecule has 1 saturated carbocycles.